The summed E-state index contributed by atoms with van der Waals surface area (Å²) in [5.41, 5.74) is 1.23. The first-order chi connectivity index (χ1) is 10.3. The molecule has 4 nitrogen and oxygen atoms in total. The highest BCUT2D eigenvalue weighted by atomic mass is 32.1. The molecule has 0 fully saturated rings. The lowest BCUT2D eigenvalue weighted by Gasteiger charge is -2.14. The third kappa shape index (κ3) is 5.21. The minimum atomic E-state index is -0.139. The number of nitrogens with one attached hydrogen (secondary N) is 1. The molecule has 5 heteroatoms. The third-order valence-electron chi connectivity index (χ3n) is 3.23. The minimum absolute atomic E-state index is 0.139. The summed E-state index contributed by atoms with van der Waals surface area (Å²) < 4.78 is 5.11. The SMILES string of the molecule is O=C(C=Cc1ccco1)NCCC(CCO)c1ccsc1. The van der Waals surface area contributed by atoms with Crippen molar-refractivity contribution in [1.82, 2.24) is 5.32 Å². The Bertz CT molecular complexity index is 546. The second-order valence-electron chi connectivity index (χ2n) is 4.69. The molecule has 112 valence electrons. The maximum absolute atomic E-state index is 11.7. The number of furan rings is 1. The number of carbonyl (C=O) groups is 1. The maximum atomic E-state index is 11.7. The Kier molecular flexibility index (Phi) is 6.24. The van der Waals surface area contributed by atoms with E-state index >= 15 is 0 Å². The van der Waals surface area contributed by atoms with Gasteiger partial charge < -0.3 is 14.8 Å². The van der Waals surface area contributed by atoms with Crippen molar-refractivity contribution in [3.8, 4) is 0 Å². The zero-order chi connectivity index (χ0) is 14.9. The molecular formula is C16H19NO3S. The van der Waals surface area contributed by atoms with Crippen LogP contribution < -0.4 is 5.32 Å². The number of amides is 1. The van der Waals surface area contributed by atoms with Gasteiger partial charge in [-0.1, -0.05) is 0 Å². The van der Waals surface area contributed by atoms with E-state index in [1.807, 2.05) is 5.38 Å². The molecule has 1 amide bonds. The van der Waals surface area contributed by atoms with Gasteiger partial charge in [0.25, 0.3) is 0 Å². The molecule has 0 aliphatic carbocycles. The van der Waals surface area contributed by atoms with Crippen molar-refractivity contribution in [2.45, 2.75) is 18.8 Å². The molecule has 2 aromatic heterocycles. The third-order valence-corrected chi connectivity index (χ3v) is 3.93. The van der Waals surface area contributed by atoms with Gasteiger partial charge in [0.15, 0.2) is 0 Å². The van der Waals surface area contributed by atoms with E-state index in [-0.39, 0.29) is 18.4 Å². The van der Waals surface area contributed by atoms with Gasteiger partial charge in [-0.05, 0) is 59.4 Å². The van der Waals surface area contributed by atoms with E-state index in [0.29, 0.717) is 12.3 Å². The number of carbonyl (C=O) groups excluding carboxylic acids is 1. The Morgan fingerprint density at radius 1 is 1.43 bits per heavy atom. The van der Waals surface area contributed by atoms with Gasteiger partial charge in [0.05, 0.1) is 6.26 Å². The van der Waals surface area contributed by atoms with E-state index in [1.54, 1.807) is 35.8 Å². The summed E-state index contributed by atoms with van der Waals surface area (Å²) >= 11 is 1.65. The first-order valence-corrected chi connectivity index (χ1v) is 7.86. The van der Waals surface area contributed by atoms with Crippen LogP contribution in [0.15, 0.2) is 45.7 Å². The number of hydrogen-bond donors (Lipinski definition) is 2. The summed E-state index contributed by atoms with van der Waals surface area (Å²) in [7, 11) is 0. The molecule has 0 saturated carbocycles. The van der Waals surface area contributed by atoms with Crippen LogP contribution in [0.5, 0.6) is 0 Å². The lowest BCUT2D eigenvalue weighted by atomic mass is 9.95. The van der Waals surface area contributed by atoms with E-state index in [4.69, 9.17) is 9.52 Å². The van der Waals surface area contributed by atoms with Crippen LogP contribution in [0.25, 0.3) is 6.08 Å². The summed E-state index contributed by atoms with van der Waals surface area (Å²) in [5.74, 6) is 0.802. The molecule has 0 aromatic carbocycles. The second kappa shape index (κ2) is 8.44. The summed E-state index contributed by atoms with van der Waals surface area (Å²) in [6, 6.07) is 5.64. The fourth-order valence-electron chi connectivity index (χ4n) is 2.11. The summed E-state index contributed by atoms with van der Waals surface area (Å²) in [4.78, 5) is 11.7. The zero-order valence-electron chi connectivity index (χ0n) is 11.7. The fraction of sp³-hybridized carbons (Fsp3) is 0.312. The fourth-order valence-corrected chi connectivity index (χ4v) is 2.86. The van der Waals surface area contributed by atoms with Gasteiger partial charge in [-0.3, -0.25) is 4.79 Å². The quantitative estimate of drug-likeness (QED) is 0.737. The predicted octanol–water partition coefficient (Wildman–Crippen LogP) is 3.03. The Balaban J connectivity index is 1.75. The minimum Gasteiger partial charge on any atom is -0.465 e. The molecular weight excluding hydrogens is 286 g/mol. The number of thiophene rings is 1. The Labute approximate surface area is 128 Å². The summed E-state index contributed by atoms with van der Waals surface area (Å²) in [5, 5.41) is 16.1. The van der Waals surface area contributed by atoms with Crippen LogP contribution in [0.4, 0.5) is 0 Å². The number of aliphatic hydroxyl groups excluding tert-OH is 1. The van der Waals surface area contributed by atoms with E-state index in [9.17, 15) is 4.79 Å². The maximum Gasteiger partial charge on any atom is 0.244 e. The molecule has 0 aliphatic heterocycles. The van der Waals surface area contributed by atoms with Gasteiger partial charge in [0.2, 0.25) is 5.91 Å². The normalized spacial score (nSPS) is 12.6. The highest BCUT2D eigenvalue weighted by Crippen LogP contribution is 2.24. The van der Waals surface area contributed by atoms with Crippen LogP contribution in [-0.4, -0.2) is 24.2 Å². The summed E-state index contributed by atoms with van der Waals surface area (Å²) in [6.45, 7) is 0.745. The van der Waals surface area contributed by atoms with E-state index < -0.39 is 0 Å². The molecule has 0 bridgehead atoms. The Hall–Kier alpha value is -1.85. The van der Waals surface area contributed by atoms with Crippen molar-refractivity contribution in [2.75, 3.05) is 13.2 Å². The van der Waals surface area contributed by atoms with Gasteiger partial charge in [0, 0.05) is 19.2 Å². The van der Waals surface area contributed by atoms with Crippen LogP contribution in [0.2, 0.25) is 0 Å². The molecule has 2 aromatic rings. The van der Waals surface area contributed by atoms with Crippen LogP contribution in [0.1, 0.15) is 30.1 Å². The highest BCUT2D eigenvalue weighted by Gasteiger charge is 2.11. The van der Waals surface area contributed by atoms with Gasteiger partial charge in [-0.15, -0.1) is 0 Å². The predicted molar refractivity (Wildman–Crippen MR) is 84.1 cm³/mol. The Morgan fingerprint density at radius 2 is 2.33 bits per heavy atom. The average Bonchev–Trinajstić information content (AvgIpc) is 3.17. The van der Waals surface area contributed by atoms with Crippen LogP contribution in [0.3, 0.4) is 0 Å². The van der Waals surface area contributed by atoms with Crippen LogP contribution in [0, 0.1) is 0 Å². The van der Waals surface area contributed by atoms with Crippen molar-refractivity contribution in [3.05, 3.63) is 52.6 Å². The molecule has 1 unspecified atom stereocenters. The van der Waals surface area contributed by atoms with Gasteiger partial charge >= 0.3 is 0 Å². The van der Waals surface area contributed by atoms with Crippen molar-refractivity contribution in [2.24, 2.45) is 0 Å². The van der Waals surface area contributed by atoms with Crippen LogP contribution in [-0.2, 0) is 4.79 Å². The Morgan fingerprint density at radius 3 is 3.00 bits per heavy atom. The topological polar surface area (TPSA) is 62.5 Å². The van der Waals surface area contributed by atoms with Gasteiger partial charge in [0.1, 0.15) is 5.76 Å². The van der Waals surface area contributed by atoms with E-state index in [1.165, 1.54) is 11.6 Å². The monoisotopic (exact) mass is 305 g/mol. The standard InChI is InChI=1S/C16H19NO3S/c18-9-6-13(14-7-11-21-12-14)5-8-17-16(19)4-3-15-2-1-10-20-15/h1-4,7,10-13,18H,5-6,8-9H2,(H,17,19). The van der Waals surface area contributed by atoms with Crippen LogP contribution >= 0.6 is 11.3 Å². The second-order valence-corrected chi connectivity index (χ2v) is 5.47. The smallest absolute Gasteiger partial charge is 0.244 e. The largest absolute Gasteiger partial charge is 0.465 e. The van der Waals surface area contributed by atoms with Crippen molar-refractivity contribution in [3.63, 3.8) is 0 Å². The van der Waals surface area contributed by atoms with Gasteiger partial charge in [-0.2, -0.15) is 11.3 Å². The average molecular weight is 305 g/mol. The zero-order valence-corrected chi connectivity index (χ0v) is 12.5. The molecule has 1 atom stereocenters. The molecule has 2 rings (SSSR count). The molecule has 2 heterocycles. The number of hydrogen-bond acceptors (Lipinski definition) is 4. The lowest BCUT2D eigenvalue weighted by molar-refractivity contribution is -0.116. The van der Waals surface area contributed by atoms with Crippen molar-refractivity contribution in [1.29, 1.82) is 0 Å². The summed E-state index contributed by atoms with van der Waals surface area (Å²) in [6.07, 6.45) is 6.20. The molecule has 2 N–H and O–H groups in total. The number of rotatable bonds is 8. The molecule has 0 aliphatic rings. The van der Waals surface area contributed by atoms with Gasteiger partial charge in [-0.25, -0.2) is 0 Å². The molecule has 0 saturated heterocycles. The number of aliphatic hydroxyl groups is 1. The van der Waals surface area contributed by atoms with E-state index in [2.05, 4.69) is 16.8 Å². The molecule has 21 heavy (non-hydrogen) atoms. The first kappa shape index (κ1) is 15.5. The van der Waals surface area contributed by atoms with E-state index in [0.717, 1.165) is 12.8 Å². The molecule has 0 radical (unpaired) electrons. The lowest BCUT2D eigenvalue weighted by Crippen LogP contribution is -2.23. The molecule has 0 spiro atoms. The van der Waals surface area contributed by atoms with Crippen molar-refractivity contribution >= 4 is 23.3 Å². The first-order valence-electron chi connectivity index (χ1n) is 6.92. The van der Waals surface area contributed by atoms with Crippen molar-refractivity contribution < 1.29 is 14.3 Å². The highest BCUT2D eigenvalue weighted by molar-refractivity contribution is 7.07.